The Balaban J connectivity index is 3.07. The number of carboxylic acids is 1. The van der Waals surface area contributed by atoms with Crippen molar-refractivity contribution >= 4 is 5.97 Å². The largest absolute Gasteiger partial charge is 0.481 e. The summed E-state index contributed by atoms with van der Waals surface area (Å²) in [7, 11) is 0. The third-order valence-electron chi connectivity index (χ3n) is 1.96. The number of aliphatic hydroxyl groups excluding tert-OH is 1. The molecule has 3 nitrogen and oxygen atoms in total. The molecule has 0 fully saturated rings. The molecular formula is C11H20O3. The lowest BCUT2D eigenvalue weighted by Gasteiger charge is -1.94. The fourth-order valence-electron chi connectivity index (χ4n) is 1.15. The van der Waals surface area contributed by atoms with Gasteiger partial charge in [-0.15, -0.1) is 0 Å². The van der Waals surface area contributed by atoms with Crippen molar-refractivity contribution in [1.82, 2.24) is 0 Å². The highest BCUT2D eigenvalue weighted by molar-refractivity contribution is 5.66. The van der Waals surface area contributed by atoms with E-state index in [1.54, 1.807) is 0 Å². The van der Waals surface area contributed by atoms with Crippen molar-refractivity contribution in [3.05, 3.63) is 12.2 Å². The van der Waals surface area contributed by atoms with Crippen LogP contribution in [0, 0.1) is 0 Å². The lowest BCUT2D eigenvalue weighted by molar-refractivity contribution is -0.137. The van der Waals surface area contributed by atoms with E-state index in [4.69, 9.17) is 10.2 Å². The SMILES string of the molecule is O=C(O)CCCC/C=C/CCCCO. The molecule has 0 aromatic heterocycles. The highest BCUT2D eigenvalue weighted by Gasteiger charge is 1.94. The van der Waals surface area contributed by atoms with Gasteiger partial charge in [-0.05, 0) is 38.5 Å². The van der Waals surface area contributed by atoms with Crippen LogP contribution in [0.15, 0.2) is 12.2 Å². The summed E-state index contributed by atoms with van der Waals surface area (Å²) < 4.78 is 0. The van der Waals surface area contributed by atoms with Crippen LogP contribution in [0.3, 0.4) is 0 Å². The molecule has 0 amide bonds. The van der Waals surface area contributed by atoms with Gasteiger partial charge in [0.1, 0.15) is 0 Å². The molecule has 0 aromatic carbocycles. The van der Waals surface area contributed by atoms with Gasteiger partial charge >= 0.3 is 5.97 Å². The zero-order valence-corrected chi connectivity index (χ0v) is 8.61. The predicted molar refractivity (Wildman–Crippen MR) is 56.2 cm³/mol. The zero-order valence-electron chi connectivity index (χ0n) is 8.61. The van der Waals surface area contributed by atoms with Crippen LogP contribution in [0.5, 0.6) is 0 Å². The molecule has 3 heteroatoms. The molecule has 0 heterocycles. The van der Waals surface area contributed by atoms with Crippen LogP contribution in [-0.2, 0) is 4.79 Å². The van der Waals surface area contributed by atoms with Crippen LogP contribution >= 0.6 is 0 Å². The molecule has 0 saturated carbocycles. The predicted octanol–water partition coefficient (Wildman–Crippen LogP) is 2.35. The Hall–Kier alpha value is -0.830. The molecule has 0 bridgehead atoms. The first-order chi connectivity index (χ1) is 6.77. The van der Waals surface area contributed by atoms with Crippen molar-refractivity contribution in [2.75, 3.05) is 6.61 Å². The van der Waals surface area contributed by atoms with Gasteiger partial charge in [-0.25, -0.2) is 0 Å². The Labute approximate surface area is 85.4 Å². The number of carboxylic acid groups (broad SMARTS) is 1. The fraction of sp³-hybridized carbons (Fsp3) is 0.727. The second-order valence-corrected chi connectivity index (χ2v) is 3.33. The summed E-state index contributed by atoms with van der Waals surface area (Å²) >= 11 is 0. The maximum atomic E-state index is 10.2. The summed E-state index contributed by atoms with van der Waals surface area (Å²) in [5.74, 6) is -0.711. The molecule has 0 aromatic rings. The van der Waals surface area contributed by atoms with E-state index in [0.717, 1.165) is 38.5 Å². The number of aliphatic carboxylic acids is 1. The molecular weight excluding hydrogens is 180 g/mol. The molecule has 0 radical (unpaired) electrons. The summed E-state index contributed by atoms with van der Waals surface area (Å²) in [6.07, 6.45) is 10.1. The van der Waals surface area contributed by atoms with Crippen LogP contribution in [0.2, 0.25) is 0 Å². The highest BCUT2D eigenvalue weighted by atomic mass is 16.4. The van der Waals surface area contributed by atoms with Gasteiger partial charge in [0.2, 0.25) is 0 Å². The molecule has 82 valence electrons. The van der Waals surface area contributed by atoms with Crippen molar-refractivity contribution in [1.29, 1.82) is 0 Å². The summed E-state index contributed by atoms with van der Waals surface area (Å²) in [4.78, 5) is 10.2. The number of unbranched alkanes of at least 4 members (excludes halogenated alkanes) is 4. The normalized spacial score (nSPS) is 10.9. The maximum Gasteiger partial charge on any atom is 0.303 e. The molecule has 0 saturated heterocycles. The van der Waals surface area contributed by atoms with E-state index in [1.807, 2.05) is 0 Å². The molecule has 0 aliphatic carbocycles. The molecule has 0 spiro atoms. The molecule has 14 heavy (non-hydrogen) atoms. The average Bonchev–Trinajstić information content (AvgIpc) is 2.15. The van der Waals surface area contributed by atoms with Gasteiger partial charge in [0.05, 0.1) is 0 Å². The third-order valence-corrected chi connectivity index (χ3v) is 1.96. The lowest BCUT2D eigenvalue weighted by atomic mass is 10.1. The Morgan fingerprint density at radius 2 is 1.57 bits per heavy atom. The highest BCUT2D eigenvalue weighted by Crippen LogP contribution is 2.02. The van der Waals surface area contributed by atoms with Crippen LogP contribution in [0.1, 0.15) is 44.9 Å². The Morgan fingerprint density at radius 3 is 2.07 bits per heavy atom. The Bertz CT molecular complexity index is 164. The van der Waals surface area contributed by atoms with Gasteiger partial charge < -0.3 is 10.2 Å². The van der Waals surface area contributed by atoms with Crippen molar-refractivity contribution in [3.63, 3.8) is 0 Å². The van der Waals surface area contributed by atoms with Crippen molar-refractivity contribution in [2.24, 2.45) is 0 Å². The van der Waals surface area contributed by atoms with E-state index in [0.29, 0.717) is 0 Å². The number of allylic oxidation sites excluding steroid dienone is 2. The van der Waals surface area contributed by atoms with Crippen LogP contribution in [0.4, 0.5) is 0 Å². The number of carbonyl (C=O) groups is 1. The van der Waals surface area contributed by atoms with E-state index in [9.17, 15) is 4.79 Å². The van der Waals surface area contributed by atoms with E-state index in [-0.39, 0.29) is 13.0 Å². The number of hydrogen-bond donors (Lipinski definition) is 2. The van der Waals surface area contributed by atoms with Crippen LogP contribution < -0.4 is 0 Å². The van der Waals surface area contributed by atoms with Gasteiger partial charge in [0, 0.05) is 13.0 Å². The van der Waals surface area contributed by atoms with E-state index >= 15 is 0 Å². The summed E-state index contributed by atoms with van der Waals surface area (Å²) in [6, 6.07) is 0. The van der Waals surface area contributed by atoms with Gasteiger partial charge in [-0.3, -0.25) is 4.79 Å². The molecule has 0 aliphatic heterocycles. The lowest BCUT2D eigenvalue weighted by Crippen LogP contribution is -1.92. The molecule has 0 rings (SSSR count). The zero-order chi connectivity index (χ0) is 10.6. The van der Waals surface area contributed by atoms with Crippen molar-refractivity contribution in [2.45, 2.75) is 44.9 Å². The molecule has 0 aliphatic rings. The first kappa shape index (κ1) is 13.2. The van der Waals surface area contributed by atoms with Gasteiger partial charge in [0.25, 0.3) is 0 Å². The molecule has 2 N–H and O–H groups in total. The quantitative estimate of drug-likeness (QED) is 0.443. The monoisotopic (exact) mass is 200 g/mol. The first-order valence-electron chi connectivity index (χ1n) is 5.25. The average molecular weight is 200 g/mol. The maximum absolute atomic E-state index is 10.2. The first-order valence-corrected chi connectivity index (χ1v) is 5.25. The summed E-state index contributed by atoms with van der Waals surface area (Å²) in [5, 5.41) is 16.9. The van der Waals surface area contributed by atoms with Crippen molar-refractivity contribution in [3.8, 4) is 0 Å². The summed E-state index contributed by atoms with van der Waals surface area (Å²) in [6.45, 7) is 0.270. The fourth-order valence-corrected chi connectivity index (χ4v) is 1.15. The van der Waals surface area contributed by atoms with Gasteiger partial charge in [0.15, 0.2) is 0 Å². The second-order valence-electron chi connectivity index (χ2n) is 3.33. The van der Waals surface area contributed by atoms with Gasteiger partial charge in [-0.1, -0.05) is 12.2 Å². The third kappa shape index (κ3) is 11.2. The van der Waals surface area contributed by atoms with Crippen LogP contribution in [0.25, 0.3) is 0 Å². The number of aliphatic hydroxyl groups is 1. The molecule has 0 unspecified atom stereocenters. The van der Waals surface area contributed by atoms with E-state index < -0.39 is 5.97 Å². The minimum absolute atomic E-state index is 0.270. The smallest absolute Gasteiger partial charge is 0.303 e. The molecule has 0 atom stereocenters. The Kier molecular flexibility index (Phi) is 9.64. The standard InChI is InChI=1S/C11H20O3/c12-10-8-6-4-2-1-3-5-7-9-11(13)14/h1-2,12H,3-10H2,(H,13,14)/b2-1+. The number of rotatable bonds is 9. The van der Waals surface area contributed by atoms with Crippen molar-refractivity contribution < 1.29 is 15.0 Å². The second kappa shape index (κ2) is 10.3. The van der Waals surface area contributed by atoms with E-state index in [1.165, 1.54) is 0 Å². The number of hydrogen-bond acceptors (Lipinski definition) is 2. The minimum atomic E-state index is -0.711. The Morgan fingerprint density at radius 1 is 1.00 bits per heavy atom. The van der Waals surface area contributed by atoms with Gasteiger partial charge in [-0.2, -0.15) is 0 Å². The minimum Gasteiger partial charge on any atom is -0.481 e. The van der Waals surface area contributed by atoms with Crippen LogP contribution in [-0.4, -0.2) is 22.8 Å². The topological polar surface area (TPSA) is 57.5 Å². The van der Waals surface area contributed by atoms with E-state index in [2.05, 4.69) is 12.2 Å². The summed E-state index contributed by atoms with van der Waals surface area (Å²) in [5.41, 5.74) is 0.